The molecule has 4 nitrogen and oxygen atoms in total. The number of rotatable bonds is 4. The first-order valence-corrected chi connectivity index (χ1v) is 5.00. The Morgan fingerprint density at radius 2 is 1.81 bits per heavy atom. The van der Waals surface area contributed by atoms with Gasteiger partial charge in [0.05, 0.1) is 26.2 Å². The van der Waals surface area contributed by atoms with Crippen molar-refractivity contribution in [2.24, 2.45) is 5.92 Å². The van der Waals surface area contributed by atoms with Gasteiger partial charge in [0.25, 0.3) is 0 Å². The van der Waals surface area contributed by atoms with Crippen LogP contribution in [0.3, 0.4) is 0 Å². The van der Waals surface area contributed by atoms with Gasteiger partial charge in [0.1, 0.15) is 5.75 Å². The maximum Gasteiger partial charge on any atom is 0.311 e. The molecule has 0 spiro atoms. The quantitative estimate of drug-likeness (QED) is 0.788. The summed E-state index contributed by atoms with van der Waals surface area (Å²) in [6, 6.07) is 6.93. The Labute approximate surface area is 94.8 Å². The van der Waals surface area contributed by atoms with Gasteiger partial charge < -0.3 is 14.6 Å². The van der Waals surface area contributed by atoms with Crippen molar-refractivity contribution in [2.45, 2.75) is 13.0 Å². The lowest BCUT2D eigenvalue weighted by molar-refractivity contribution is -0.148. The highest BCUT2D eigenvalue weighted by Crippen LogP contribution is 2.24. The van der Waals surface area contributed by atoms with E-state index in [9.17, 15) is 9.90 Å². The Bertz CT molecular complexity index is 345. The molecule has 1 aromatic carbocycles. The van der Waals surface area contributed by atoms with Crippen LogP contribution < -0.4 is 4.74 Å². The zero-order valence-corrected chi connectivity index (χ0v) is 9.64. The van der Waals surface area contributed by atoms with Crippen LogP contribution in [0, 0.1) is 5.92 Å². The van der Waals surface area contributed by atoms with Crippen molar-refractivity contribution >= 4 is 5.97 Å². The molecule has 0 saturated heterocycles. The zero-order chi connectivity index (χ0) is 12.1. The number of methoxy groups -OCH3 is 2. The lowest BCUT2D eigenvalue weighted by Crippen LogP contribution is -2.20. The summed E-state index contributed by atoms with van der Waals surface area (Å²) >= 11 is 0. The molecule has 0 heterocycles. The lowest BCUT2D eigenvalue weighted by Gasteiger charge is -2.17. The van der Waals surface area contributed by atoms with E-state index in [1.165, 1.54) is 7.11 Å². The second-order valence-corrected chi connectivity index (χ2v) is 3.53. The largest absolute Gasteiger partial charge is 0.497 e. The van der Waals surface area contributed by atoms with E-state index in [1.54, 1.807) is 38.3 Å². The first kappa shape index (κ1) is 12.5. The summed E-state index contributed by atoms with van der Waals surface area (Å²) in [5.74, 6) is -0.302. The first-order valence-electron chi connectivity index (χ1n) is 5.00. The number of aliphatic hydroxyl groups is 1. The van der Waals surface area contributed by atoms with Gasteiger partial charge in [0, 0.05) is 0 Å². The fourth-order valence-electron chi connectivity index (χ4n) is 1.40. The molecule has 0 saturated carbocycles. The summed E-state index contributed by atoms with van der Waals surface area (Å²) in [5, 5.41) is 9.91. The van der Waals surface area contributed by atoms with E-state index in [1.807, 2.05) is 0 Å². The molecule has 4 heteroatoms. The van der Waals surface area contributed by atoms with Gasteiger partial charge in [-0.3, -0.25) is 4.79 Å². The minimum absolute atomic E-state index is 0.427. The van der Waals surface area contributed by atoms with Gasteiger partial charge in [-0.1, -0.05) is 12.1 Å². The fourth-order valence-corrected chi connectivity index (χ4v) is 1.40. The van der Waals surface area contributed by atoms with Crippen LogP contribution in [0.25, 0.3) is 0 Å². The van der Waals surface area contributed by atoms with Crippen molar-refractivity contribution in [3.63, 3.8) is 0 Å². The minimum atomic E-state index is -0.863. The number of hydrogen-bond acceptors (Lipinski definition) is 4. The molecule has 2 unspecified atom stereocenters. The van der Waals surface area contributed by atoms with Crippen LogP contribution in [-0.4, -0.2) is 25.3 Å². The number of carbonyl (C=O) groups excluding carboxylic acids is 1. The van der Waals surface area contributed by atoms with Crippen LogP contribution in [0.1, 0.15) is 18.6 Å². The number of esters is 1. The van der Waals surface area contributed by atoms with E-state index in [0.29, 0.717) is 11.3 Å². The van der Waals surface area contributed by atoms with E-state index < -0.39 is 18.0 Å². The molecular weight excluding hydrogens is 208 g/mol. The maximum absolute atomic E-state index is 11.2. The molecule has 0 aromatic heterocycles. The Hall–Kier alpha value is -1.55. The van der Waals surface area contributed by atoms with Gasteiger partial charge in [-0.25, -0.2) is 0 Å². The lowest BCUT2D eigenvalue weighted by atomic mass is 9.97. The van der Waals surface area contributed by atoms with Crippen molar-refractivity contribution in [1.29, 1.82) is 0 Å². The Kier molecular flexibility index (Phi) is 4.31. The topological polar surface area (TPSA) is 55.8 Å². The van der Waals surface area contributed by atoms with Crippen molar-refractivity contribution in [2.75, 3.05) is 14.2 Å². The number of hydrogen-bond donors (Lipinski definition) is 1. The number of aliphatic hydroxyl groups excluding tert-OH is 1. The van der Waals surface area contributed by atoms with Crippen LogP contribution in [0.2, 0.25) is 0 Å². The van der Waals surface area contributed by atoms with E-state index in [2.05, 4.69) is 4.74 Å². The molecule has 0 radical (unpaired) electrons. The van der Waals surface area contributed by atoms with Crippen LogP contribution in [0.5, 0.6) is 5.75 Å². The van der Waals surface area contributed by atoms with E-state index >= 15 is 0 Å². The molecule has 0 bridgehead atoms. The van der Waals surface area contributed by atoms with E-state index in [0.717, 1.165) is 0 Å². The highest BCUT2D eigenvalue weighted by atomic mass is 16.5. The van der Waals surface area contributed by atoms with Crippen LogP contribution in [0.4, 0.5) is 0 Å². The molecule has 1 aromatic rings. The van der Waals surface area contributed by atoms with E-state index in [-0.39, 0.29) is 0 Å². The third-order valence-electron chi connectivity index (χ3n) is 2.50. The number of ether oxygens (including phenoxy) is 2. The molecule has 16 heavy (non-hydrogen) atoms. The normalized spacial score (nSPS) is 14.0. The highest BCUT2D eigenvalue weighted by molar-refractivity contribution is 5.72. The first-order chi connectivity index (χ1) is 7.60. The van der Waals surface area contributed by atoms with Gasteiger partial charge in [-0.05, 0) is 24.6 Å². The summed E-state index contributed by atoms with van der Waals surface area (Å²) in [5.41, 5.74) is 0.665. The molecule has 0 fully saturated rings. The Balaban J connectivity index is 2.79. The highest BCUT2D eigenvalue weighted by Gasteiger charge is 2.23. The molecular formula is C12H16O4. The van der Waals surface area contributed by atoms with Crippen molar-refractivity contribution in [3.05, 3.63) is 29.8 Å². The third kappa shape index (κ3) is 2.73. The molecule has 88 valence electrons. The zero-order valence-electron chi connectivity index (χ0n) is 9.64. The molecule has 0 aliphatic heterocycles. The Morgan fingerprint density at radius 3 is 2.25 bits per heavy atom. The van der Waals surface area contributed by atoms with Crippen LogP contribution in [-0.2, 0) is 9.53 Å². The summed E-state index contributed by atoms with van der Waals surface area (Å²) in [7, 11) is 2.88. The standard InChI is InChI=1S/C12H16O4/c1-8(12(14)16-3)11(13)9-4-6-10(15-2)7-5-9/h4-8,11,13H,1-3H3. The molecule has 2 atom stereocenters. The molecule has 0 amide bonds. The second kappa shape index (κ2) is 5.51. The summed E-state index contributed by atoms with van der Waals surface area (Å²) in [4.78, 5) is 11.2. The monoisotopic (exact) mass is 224 g/mol. The maximum atomic E-state index is 11.2. The van der Waals surface area contributed by atoms with Crippen LogP contribution >= 0.6 is 0 Å². The molecule has 1 rings (SSSR count). The fraction of sp³-hybridized carbons (Fsp3) is 0.417. The average molecular weight is 224 g/mol. The number of benzene rings is 1. The second-order valence-electron chi connectivity index (χ2n) is 3.53. The van der Waals surface area contributed by atoms with Gasteiger partial charge >= 0.3 is 5.97 Å². The summed E-state index contributed by atoms with van der Waals surface area (Å²) in [6.07, 6.45) is -0.863. The van der Waals surface area contributed by atoms with Gasteiger partial charge in [-0.2, -0.15) is 0 Å². The third-order valence-corrected chi connectivity index (χ3v) is 2.50. The van der Waals surface area contributed by atoms with Crippen molar-refractivity contribution in [3.8, 4) is 5.75 Å². The van der Waals surface area contributed by atoms with Gasteiger partial charge in [0.2, 0.25) is 0 Å². The van der Waals surface area contributed by atoms with Crippen molar-refractivity contribution in [1.82, 2.24) is 0 Å². The van der Waals surface area contributed by atoms with Gasteiger partial charge in [0.15, 0.2) is 0 Å². The number of carbonyl (C=O) groups is 1. The molecule has 0 aliphatic rings. The summed E-state index contributed by atoms with van der Waals surface area (Å²) in [6.45, 7) is 1.63. The average Bonchev–Trinajstić information content (AvgIpc) is 2.36. The predicted molar refractivity (Wildman–Crippen MR) is 59.1 cm³/mol. The summed E-state index contributed by atoms with van der Waals surface area (Å²) < 4.78 is 9.58. The van der Waals surface area contributed by atoms with Crippen molar-refractivity contribution < 1.29 is 19.4 Å². The van der Waals surface area contributed by atoms with E-state index in [4.69, 9.17) is 4.74 Å². The van der Waals surface area contributed by atoms with Gasteiger partial charge in [-0.15, -0.1) is 0 Å². The SMILES string of the molecule is COC(=O)C(C)C(O)c1ccc(OC)cc1. The smallest absolute Gasteiger partial charge is 0.311 e. The minimum Gasteiger partial charge on any atom is -0.497 e. The molecule has 1 N–H and O–H groups in total. The molecule has 0 aliphatic carbocycles. The van der Waals surface area contributed by atoms with Crippen LogP contribution in [0.15, 0.2) is 24.3 Å². The predicted octanol–water partition coefficient (Wildman–Crippen LogP) is 1.54. The Morgan fingerprint density at radius 1 is 1.25 bits per heavy atom.